The van der Waals surface area contributed by atoms with Crippen LogP contribution in [0.5, 0.6) is 0 Å². The third-order valence-electron chi connectivity index (χ3n) is 3.22. The maximum Gasteiger partial charge on any atom is 0.00954 e. The summed E-state index contributed by atoms with van der Waals surface area (Å²) in [5.41, 5.74) is 0. The van der Waals surface area contributed by atoms with Crippen LogP contribution in [0.25, 0.3) is 0 Å². The Balaban J connectivity index is 2.20. The van der Waals surface area contributed by atoms with Crippen LogP contribution in [-0.4, -0.2) is 12.6 Å². The van der Waals surface area contributed by atoms with Gasteiger partial charge in [-0.15, -0.1) is 6.58 Å². The van der Waals surface area contributed by atoms with E-state index < -0.39 is 0 Å². The minimum absolute atomic E-state index is 0.764. The van der Waals surface area contributed by atoms with Crippen molar-refractivity contribution in [1.82, 2.24) is 5.32 Å². The molecule has 0 radical (unpaired) electrons. The van der Waals surface area contributed by atoms with Gasteiger partial charge in [0.15, 0.2) is 0 Å². The van der Waals surface area contributed by atoms with Gasteiger partial charge in [-0.05, 0) is 37.6 Å². The first-order valence-corrected chi connectivity index (χ1v) is 5.10. The molecule has 70 valence electrons. The number of hydrogen-bond donors (Lipinski definition) is 1. The molecule has 0 aromatic carbocycles. The van der Waals surface area contributed by atoms with Crippen LogP contribution in [-0.2, 0) is 0 Å². The zero-order chi connectivity index (χ0) is 8.97. The highest BCUT2D eigenvalue weighted by Crippen LogP contribution is 2.30. The minimum atomic E-state index is 0.764. The molecule has 0 spiro atoms. The Hall–Kier alpha value is -0.300. The van der Waals surface area contributed by atoms with Crippen LogP contribution in [0, 0.1) is 11.8 Å². The van der Waals surface area contributed by atoms with E-state index in [1.807, 2.05) is 6.08 Å². The summed E-state index contributed by atoms with van der Waals surface area (Å²) in [7, 11) is 0. The predicted molar refractivity (Wildman–Crippen MR) is 54.2 cm³/mol. The third-order valence-corrected chi connectivity index (χ3v) is 3.22. The highest BCUT2D eigenvalue weighted by atomic mass is 14.9. The normalized spacial score (nSPS) is 35.3. The van der Waals surface area contributed by atoms with Crippen LogP contribution in [0.15, 0.2) is 12.7 Å². The van der Waals surface area contributed by atoms with E-state index >= 15 is 0 Å². The lowest BCUT2D eigenvalue weighted by Crippen LogP contribution is -2.32. The summed E-state index contributed by atoms with van der Waals surface area (Å²) in [4.78, 5) is 0. The van der Waals surface area contributed by atoms with Crippen molar-refractivity contribution in [2.75, 3.05) is 6.54 Å². The molecule has 1 saturated carbocycles. The van der Waals surface area contributed by atoms with Gasteiger partial charge in [0.05, 0.1) is 0 Å². The van der Waals surface area contributed by atoms with E-state index in [1.54, 1.807) is 0 Å². The summed E-state index contributed by atoms with van der Waals surface area (Å²) in [6.07, 6.45) is 5.83. The molecule has 12 heavy (non-hydrogen) atoms. The SMILES string of the molecule is C=CCCNC1CCC(C)C1C. The van der Waals surface area contributed by atoms with Gasteiger partial charge in [-0.25, -0.2) is 0 Å². The Morgan fingerprint density at radius 1 is 1.42 bits per heavy atom. The average molecular weight is 167 g/mol. The zero-order valence-electron chi connectivity index (χ0n) is 8.34. The molecule has 0 bridgehead atoms. The van der Waals surface area contributed by atoms with Gasteiger partial charge >= 0.3 is 0 Å². The number of nitrogens with one attached hydrogen (secondary N) is 1. The van der Waals surface area contributed by atoms with E-state index in [2.05, 4.69) is 25.7 Å². The maximum atomic E-state index is 3.72. The lowest BCUT2D eigenvalue weighted by molar-refractivity contribution is 0.373. The third kappa shape index (κ3) is 2.34. The molecule has 0 aromatic rings. The van der Waals surface area contributed by atoms with E-state index in [9.17, 15) is 0 Å². The highest BCUT2D eigenvalue weighted by molar-refractivity contribution is 4.85. The molecule has 0 saturated heterocycles. The molecule has 3 atom stereocenters. The fraction of sp³-hybridized carbons (Fsp3) is 0.818. The molecular weight excluding hydrogens is 146 g/mol. The lowest BCUT2D eigenvalue weighted by atomic mass is 9.98. The van der Waals surface area contributed by atoms with Crippen LogP contribution in [0.2, 0.25) is 0 Å². The van der Waals surface area contributed by atoms with E-state index in [0.29, 0.717) is 0 Å². The molecule has 1 heteroatoms. The summed E-state index contributed by atoms with van der Waals surface area (Å²) >= 11 is 0. The molecule has 1 N–H and O–H groups in total. The van der Waals surface area contributed by atoms with Crippen molar-refractivity contribution in [3.63, 3.8) is 0 Å². The van der Waals surface area contributed by atoms with Crippen molar-refractivity contribution in [1.29, 1.82) is 0 Å². The largest absolute Gasteiger partial charge is 0.313 e. The van der Waals surface area contributed by atoms with E-state index in [-0.39, 0.29) is 0 Å². The Labute approximate surface area is 76.2 Å². The monoisotopic (exact) mass is 167 g/mol. The van der Waals surface area contributed by atoms with E-state index in [1.165, 1.54) is 12.8 Å². The van der Waals surface area contributed by atoms with Gasteiger partial charge in [-0.1, -0.05) is 19.9 Å². The molecule has 0 aliphatic heterocycles. The molecule has 0 amide bonds. The first-order chi connectivity index (χ1) is 5.75. The Kier molecular flexibility index (Phi) is 3.80. The fourth-order valence-corrected chi connectivity index (χ4v) is 2.02. The molecule has 1 nitrogen and oxygen atoms in total. The predicted octanol–water partition coefficient (Wildman–Crippen LogP) is 2.59. The second kappa shape index (κ2) is 4.66. The molecule has 0 heterocycles. The van der Waals surface area contributed by atoms with E-state index in [0.717, 1.165) is 30.8 Å². The van der Waals surface area contributed by atoms with Crippen molar-refractivity contribution in [3.8, 4) is 0 Å². The maximum absolute atomic E-state index is 3.72. The Morgan fingerprint density at radius 2 is 2.17 bits per heavy atom. The lowest BCUT2D eigenvalue weighted by Gasteiger charge is -2.19. The molecule has 1 rings (SSSR count). The second-order valence-corrected chi connectivity index (χ2v) is 4.05. The van der Waals surface area contributed by atoms with Gasteiger partial charge < -0.3 is 5.32 Å². The quantitative estimate of drug-likeness (QED) is 0.501. The van der Waals surface area contributed by atoms with Crippen LogP contribution in [0.4, 0.5) is 0 Å². The second-order valence-electron chi connectivity index (χ2n) is 4.05. The van der Waals surface area contributed by atoms with Crippen LogP contribution in [0.1, 0.15) is 33.1 Å². The smallest absolute Gasteiger partial charge is 0.00954 e. The zero-order valence-corrected chi connectivity index (χ0v) is 8.34. The minimum Gasteiger partial charge on any atom is -0.313 e. The van der Waals surface area contributed by atoms with Crippen LogP contribution in [0.3, 0.4) is 0 Å². The Bertz CT molecular complexity index is 142. The van der Waals surface area contributed by atoms with Crippen molar-refractivity contribution >= 4 is 0 Å². The Morgan fingerprint density at radius 3 is 2.67 bits per heavy atom. The van der Waals surface area contributed by atoms with Crippen LogP contribution >= 0.6 is 0 Å². The van der Waals surface area contributed by atoms with Gasteiger partial charge in [0.25, 0.3) is 0 Å². The number of rotatable bonds is 4. The van der Waals surface area contributed by atoms with Gasteiger partial charge in [-0.3, -0.25) is 0 Å². The summed E-state index contributed by atoms with van der Waals surface area (Å²) in [5.74, 6) is 1.76. The summed E-state index contributed by atoms with van der Waals surface area (Å²) in [5, 5.41) is 3.59. The molecule has 0 aromatic heterocycles. The standard InChI is InChI=1S/C11H21N/c1-4-5-8-12-11-7-6-9(2)10(11)3/h4,9-12H,1,5-8H2,2-3H3. The molecule has 3 unspecified atom stereocenters. The number of hydrogen-bond acceptors (Lipinski definition) is 1. The first kappa shape index (κ1) is 9.79. The van der Waals surface area contributed by atoms with Crippen molar-refractivity contribution in [2.24, 2.45) is 11.8 Å². The van der Waals surface area contributed by atoms with Gasteiger partial charge in [0, 0.05) is 6.04 Å². The molecular formula is C11H21N. The molecule has 1 aliphatic carbocycles. The summed E-state index contributed by atoms with van der Waals surface area (Å²) in [6, 6.07) is 0.764. The highest BCUT2D eigenvalue weighted by Gasteiger charge is 2.28. The van der Waals surface area contributed by atoms with Crippen molar-refractivity contribution in [2.45, 2.75) is 39.2 Å². The summed E-state index contributed by atoms with van der Waals surface area (Å²) in [6.45, 7) is 9.55. The van der Waals surface area contributed by atoms with Crippen molar-refractivity contribution < 1.29 is 0 Å². The van der Waals surface area contributed by atoms with Gasteiger partial charge in [0.2, 0.25) is 0 Å². The van der Waals surface area contributed by atoms with Gasteiger partial charge in [-0.2, -0.15) is 0 Å². The average Bonchev–Trinajstić information content (AvgIpc) is 2.36. The molecule has 1 aliphatic rings. The van der Waals surface area contributed by atoms with E-state index in [4.69, 9.17) is 0 Å². The van der Waals surface area contributed by atoms with Gasteiger partial charge in [0.1, 0.15) is 0 Å². The fourth-order valence-electron chi connectivity index (χ4n) is 2.02. The van der Waals surface area contributed by atoms with Crippen molar-refractivity contribution in [3.05, 3.63) is 12.7 Å². The topological polar surface area (TPSA) is 12.0 Å². The molecule has 1 fully saturated rings. The van der Waals surface area contributed by atoms with Crippen LogP contribution < -0.4 is 5.32 Å². The first-order valence-electron chi connectivity index (χ1n) is 5.10. The summed E-state index contributed by atoms with van der Waals surface area (Å²) < 4.78 is 0.